The summed E-state index contributed by atoms with van der Waals surface area (Å²) in [4.78, 5) is 28.4. The number of hydrogen-bond acceptors (Lipinski definition) is 7. The summed E-state index contributed by atoms with van der Waals surface area (Å²) in [6, 6.07) is 6.40. The number of halogens is 1. The quantitative estimate of drug-likeness (QED) is 0.467. The first kappa shape index (κ1) is 19.3. The van der Waals surface area contributed by atoms with E-state index < -0.39 is 11.8 Å². The van der Waals surface area contributed by atoms with Crippen LogP contribution in [-0.2, 0) is 4.74 Å². The number of aryl methyl sites for hydroxylation is 1. The highest BCUT2D eigenvalue weighted by molar-refractivity contribution is 5.97. The molecule has 1 aliphatic rings. The van der Waals surface area contributed by atoms with Gasteiger partial charge in [-0.25, -0.2) is 28.7 Å². The van der Waals surface area contributed by atoms with Crippen LogP contribution in [0.5, 0.6) is 0 Å². The zero-order valence-electron chi connectivity index (χ0n) is 17.3. The van der Waals surface area contributed by atoms with Gasteiger partial charge in [-0.3, -0.25) is 0 Å². The van der Waals surface area contributed by atoms with Crippen molar-refractivity contribution < 1.29 is 13.9 Å². The fourth-order valence-electron chi connectivity index (χ4n) is 3.91. The summed E-state index contributed by atoms with van der Waals surface area (Å²) in [6.45, 7) is 5.59. The van der Waals surface area contributed by atoms with Gasteiger partial charge in [-0.05, 0) is 38.8 Å². The number of carbonyl (C=O) groups excluding carboxylic acids is 1. The maximum absolute atomic E-state index is 14.3. The van der Waals surface area contributed by atoms with E-state index >= 15 is 0 Å². The van der Waals surface area contributed by atoms with Crippen molar-refractivity contribution in [3.8, 4) is 11.4 Å². The van der Waals surface area contributed by atoms with Crippen LogP contribution in [0, 0.1) is 12.7 Å². The van der Waals surface area contributed by atoms with Gasteiger partial charge < -0.3 is 9.64 Å². The lowest BCUT2D eigenvalue weighted by Gasteiger charge is -2.17. The van der Waals surface area contributed by atoms with Gasteiger partial charge in [0.15, 0.2) is 17.3 Å². The molecule has 158 valence electrons. The fraction of sp³-hybridized carbons (Fsp3) is 0.318. The second-order valence-electron chi connectivity index (χ2n) is 7.49. The molecule has 0 spiro atoms. The predicted molar refractivity (Wildman–Crippen MR) is 114 cm³/mol. The van der Waals surface area contributed by atoms with E-state index in [4.69, 9.17) is 4.74 Å². The Kier molecular flexibility index (Phi) is 4.72. The summed E-state index contributed by atoms with van der Waals surface area (Å²) in [5.74, 6) is -0.208. The number of hydrogen-bond donors (Lipinski definition) is 0. The molecule has 9 heteroatoms. The molecule has 1 aromatic carbocycles. The molecule has 0 N–H and O–H groups in total. The molecule has 3 aromatic heterocycles. The van der Waals surface area contributed by atoms with Gasteiger partial charge >= 0.3 is 5.97 Å². The van der Waals surface area contributed by atoms with Gasteiger partial charge in [0.05, 0.1) is 24.0 Å². The number of nitrogens with zero attached hydrogens (tertiary/aromatic N) is 6. The third-order valence-electron chi connectivity index (χ3n) is 5.40. The first-order chi connectivity index (χ1) is 15.0. The first-order valence-electron chi connectivity index (χ1n) is 10.3. The number of anilines is 1. The van der Waals surface area contributed by atoms with Gasteiger partial charge in [-0.1, -0.05) is 6.07 Å². The third kappa shape index (κ3) is 3.35. The molecule has 0 radical (unpaired) electrons. The van der Waals surface area contributed by atoms with Crippen molar-refractivity contribution in [3.05, 3.63) is 47.5 Å². The van der Waals surface area contributed by atoms with Gasteiger partial charge in [-0.15, -0.1) is 5.10 Å². The minimum absolute atomic E-state index is 0.177. The molecule has 31 heavy (non-hydrogen) atoms. The minimum Gasteiger partial charge on any atom is -0.462 e. The average molecular weight is 420 g/mol. The first-order valence-corrected chi connectivity index (χ1v) is 10.3. The lowest BCUT2D eigenvalue weighted by molar-refractivity contribution is 0.0527. The zero-order valence-corrected chi connectivity index (χ0v) is 17.3. The Balaban J connectivity index is 1.69. The number of imidazole rings is 1. The van der Waals surface area contributed by atoms with Gasteiger partial charge in [0, 0.05) is 19.2 Å². The summed E-state index contributed by atoms with van der Waals surface area (Å²) in [6.07, 6.45) is 3.86. The van der Waals surface area contributed by atoms with E-state index in [1.165, 1.54) is 6.07 Å². The molecule has 1 fully saturated rings. The molecule has 8 nitrogen and oxygen atoms in total. The molecule has 1 aliphatic heterocycles. The number of aromatic nitrogens is 5. The van der Waals surface area contributed by atoms with Crippen molar-refractivity contribution in [2.75, 3.05) is 24.6 Å². The van der Waals surface area contributed by atoms with Crippen LogP contribution in [0.4, 0.5) is 10.2 Å². The van der Waals surface area contributed by atoms with Gasteiger partial charge in [-0.2, -0.15) is 0 Å². The normalized spacial score (nSPS) is 14.0. The molecule has 0 bridgehead atoms. The Labute approximate surface area is 177 Å². The maximum atomic E-state index is 14.3. The molecule has 0 aliphatic carbocycles. The molecule has 4 heterocycles. The third-order valence-corrected chi connectivity index (χ3v) is 5.40. The molecule has 0 saturated carbocycles. The second-order valence-corrected chi connectivity index (χ2v) is 7.49. The van der Waals surface area contributed by atoms with E-state index in [0.29, 0.717) is 39.6 Å². The lowest BCUT2D eigenvalue weighted by Crippen LogP contribution is -2.21. The molecule has 0 atom stereocenters. The van der Waals surface area contributed by atoms with Crippen molar-refractivity contribution in [1.82, 2.24) is 24.6 Å². The van der Waals surface area contributed by atoms with Crippen molar-refractivity contribution >= 4 is 28.5 Å². The van der Waals surface area contributed by atoms with E-state index in [2.05, 4.69) is 25.0 Å². The Morgan fingerprint density at radius 1 is 1.19 bits per heavy atom. The highest BCUT2D eigenvalue weighted by atomic mass is 19.1. The van der Waals surface area contributed by atoms with Crippen LogP contribution >= 0.6 is 0 Å². The van der Waals surface area contributed by atoms with E-state index in [1.807, 2.05) is 0 Å². The SMILES string of the molecule is CCOC(=O)c1cc(N2CCCC2)nn2cc(-c3nc4c(F)cccc4nc3C)nc12. The highest BCUT2D eigenvalue weighted by Gasteiger charge is 2.23. The van der Waals surface area contributed by atoms with Crippen molar-refractivity contribution in [2.24, 2.45) is 0 Å². The Morgan fingerprint density at radius 3 is 2.77 bits per heavy atom. The highest BCUT2D eigenvalue weighted by Crippen LogP contribution is 2.27. The van der Waals surface area contributed by atoms with Gasteiger partial charge in [0.25, 0.3) is 0 Å². The molecule has 1 saturated heterocycles. The van der Waals surface area contributed by atoms with Crippen LogP contribution in [-0.4, -0.2) is 50.2 Å². The molecule has 5 rings (SSSR count). The Morgan fingerprint density at radius 2 is 2.00 bits per heavy atom. The monoisotopic (exact) mass is 420 g/mol. The summed E-state index contributed by atoms with van der Waals surface area (Å²) in [7, 11) is 0. The van der Waals surface area contributed by atoms with Crippen molar-refractivity contribution in [1.29, 1.82) is 0 Å². The van der Waals surface area contributed by atoms with Crippen LogP contribution in [0.2, 0.25) is 0 Å². The number of ether oxygens (including phenoxy) is 1. The number of para-hydroxylation sites is 1. The van der Waals surface area contributed by atoms with Crippen LogP contribution in [0.1, 0.15) is 35.8 Å². The summed E-state index contributed by atoms with van der Waals surface area (Å²) in [5.41, 5.74) is 2.88. The number of carbonyl (C=O) groups is 1. The standard InChI is InChI=1S/C22H21FN6O2/c1-3-31-22(30)14-11-18(28-9-4-5-10-28)27-29-12-17(25-21(14)29)19-13(2)24-16-8-6-7-15(23)20(16)26-19/h6-8,11-12H,3-5,9-10H2,1-2H3. The molecule has 0 amide bonds. The topological polar surface area (TPSA) is 85.5 Å². The number of rotatable bonds is 4. The number of fused-ring (bicyclic) bond motifs is 2. The van der Waals surface area contributed by atoms with Gasteiger partial charge in [0.1, 0.15) is 22.5 Å². The van der Waals surface area contributed by atoms with E-state index in [-0.39, 0.29) is 12.1 Å². The average Bonchev–Trinajstić information content (AvgIpc) is 3.43. The maximum Gasteiger partial charge on any atom is 0.342 e. The second kappa shape index (κ2) is 7.57. The van der Waals surface area contributed by atoms with Gasteiger partial charge in [0.2, 0.25) is 0 Å². The summed E-state index contributed by atoms with van der Waals surface area (Å²) < 4.78 is 21.1. The Hall–Kier alpha value is -3.62. The zero-order chi connectivity index (χ0) is 21.5. The van der Waals surface area contributed by atoms with Crippen molar-refractivity contribution in [3.63, 3.8) is 0 Å². The largest absolute Gasteiger partial charge is 0.462 e. The van der Waals surface area contributed by atoms with E-state index in [1.54, 1.807) is 42.8 Å². The van der Waals surface area contributed by atoms with Crippen molar-refractivity contribution in [2.45, 2.75) is 26.7 Å². The summed E-state index contributed by atoms with van der Waals surface area (Å²) >= 11 is 0. The fourth-order valence-corrected chi connectivity index (χ4v) is 3.91. The van der Waals surface area contributed by atoms with Crippen LogP contribution < -0.4 is 4.90 Å². The lowest BCUT2D eigenvalue weighted by atomic mass is 10.2. The molecule has 0 unspecified atom stereocenters. The molecular formula is C22H21FN6O2. The van der Waals surface area contributed by atoms with Crippen LogP contribution in [0.15, 0.2) is 30.5 Å². The smallest absolute Gasteiger partial charge is 0.342 e. The van der Waals surface area contributed by atoms with E-state index in [9.17, 15) is 9.18 Å². The van der Waals surface area contributed by atoms with E-state index in [0.717, 1.165) is 25.9 Å². The summed E-state index contributed by atoms with van der Waals surface area (Å²) in [5, 5.41) is 4.67. The number of esters is 1. The van der Waals surface area contributed by atoms with Crippen LogP contribution in [0.25, 0.3) is 28.1 Å². The number of benzene rings is 1. The minimum atomic E-state index is -0.458. The van der Waals surface area contributed by atoms with Crippen LogP contribution in [0.3, 0.4) is 0 Å². The Bertz CT molecular complexity index is 1310. The molecule has 4 aromatic rings. The molecular weight excluding hydrogens is 399 g/mol. The predicted octanol–water partition coefficient (Wildman–Crippen LogP) is 3.56.